The maximum Gasteiger partial charge on any atom is 0.237 e. The fraction of sp³-hybridized carbons (Fsp3) is 0.238. The zero-order valence-electron chi connectivity index (χ0n) is 19.5. The van der Waals surface area contributed by atoms with E-state index in [4.69, 9.17) is 23.2 Å². The Morgan fingerprint density at radius 3 is 1.70 bits per heavy atom. The van der Waals surface area contributed by atoms with Crippen LogP contribution < -0.4 is 0 Å². The van der Waals surface area contributed by atoms with Gasteiger partial charge in [-0.1, -0.05) is 23.2 Å². The molecule has 0 saturated carbocycles. The van der Waals surface area contributed by atoms with Crippen LogP contribution in [0.25, 0.3) is 0 Å². The van der Waals surface area contributed by atoms with E-state index in [0.29, 0.717) is 0 Å². The molecule has 2 atom stereocenters. The number of alkyl halides is 2. The van der Waals surface area contributed by atoms with Gasteiger partial charge in [-0.3, -0.25) is 19.3 Å². The Morgan fingerprint density at radius 1 is 0.838 bits per heavy atom. The lowest BCUT2D eigenvalue weighted by Gasteiger charge is -2.20. The predicted octanol–water partition coefficient (Wildman–Crippen LogP) is 4.00. The fourth-order valence-electron chi connectivity index (χ4n) is 3.07. The monoisotopic (exact) mass is 592 g/mol. The van der Waals surface area contributed by atoms with Gasteiger partial charge in [-0.2, -0.15) is 10.2 Å². The highest BCUT2D eigenvalue weighted by molar-refractivity contribution is 7.92. The number of hydrogen-bond acceptors (Lipinski definition) is 8. The first-order valence-electron chi connectivity index (χ1n) is 10.2. The molecule has 0 aliphatic rings. The summed E-state index contributed by atoms with van der Waals surface area (Å²) in [6.45, 7) is 0.973. The summed E-state index contributed by atoms with van der Waals surface area (Å²) in [6.07, 6.45) is 7.65. The van der Waals surface area contributed by atoms with Crippen LogP contribution in [0.2, 0.25) is 10.3 Å². The standard InChI is InChI=1S/C11H11ClFN3O2S.C10H9ClFN3O2S/c1-11(13,8-3-5-14-6-4-8)19(17,18)9-7-16(2)15-10(9)12;1-15-6-8(9(11)14-15)18(16,17)10(12)7-2-4-13-5-3-7/h3-7H,1-2H3;2-6,10H,1H3. The van der Waals surface area contributed by atoms with Crippen LogP contribution >= 0.6 is 23.2 Å². The third-order valence-electron chi connectivity index (χ3n) is 5.04. The van der Waals surface area contributed by atoms with Gasteiger partial charge in [0, 0.05) is 62.4 Å². The first-order chi connectivity index (χ1) is 17.2. The predicted molar refractivity (Wildman–Crippen MR) is 132 cm³/mol. The number of aryl methyl sites for hydroxylation is 2. The van der Waals surface area contributed by atoms with Gasteiger partial charge in [0.05, 0.1) is 0 Å². The van der Waals surface area contributed by atoms with Gasteiger partial charge in [-0.15, -0.1) is 0 Å². The van der Waals surface area contributed by atoms with Crippen LogP contribution in [0, 0.1) is 0 Å². The average Bonchev–Trinajstić information content (AvgIpc) is 3.39. The Bertz CT molecular complexity index is 1600. The molecule has 0 aromatic carbocycles. The van der Waals surface area contributed by atoms with Crippen LogP contribution in [0.3, 0.4) is 0 Å². The zero-order chi connectivity index (χ0) is 27.6. The summed E-state index contributed by atoms with van der Waals surface area (Å²) < 4.78 is 80.1. The van der Waals surface area contributed by atoms with Crippen LogP contribution in [0.15, 0.2) is 71.2 Å². The largest absolute Gasteiger partial charge is 0.273 e. The van der Waals surface area contributed by atoms with Crippen molar-refractivity contribution in [2.75, 3.05) is 0 Å². The van der Waals surface area contributed by atoms with E-state index in [0.717, 1.165) is 6.92 Å². The van der Waals surface area contributed by atoms with E-state index in [1.165, 1.54) is 84.9 Å². The second kappa shape index (κ2) is 10.8. The number of aromatic nitrogens is 6. The second-order valence-corrected chi connectivity index (χ2v) is 12.6. The van der Waals surface area contributed by atoms with Crippen molar-refractivity contribution in [3.63, 3.8) is 0 Å². The Morgan fingerprint density at radius 2 is 1.27 bits per heavy atom. The van der Waals surface area contributed by atoms with Gasteiger partial charge >= 0.3 is 0 Å². The van der Waals surface area contributed by atoms with E-state index in [1.54, 1.807) is 0 Å². The average molecular weight is 593 g/mol. The van der Waals surface area contributed by atoms with Crippen molar-refractivity contribution in [2.24, 2.45) is 14.1 Å². The van der Waals surface area contributed by atoms with Crippen LogP contribution in [0.1, 0.15) is 23.6 Å². The summed E-state index contributed by atoms with van der Waals surface area (Å²) in [4.78, 5) is 6.77. The molecule has 0 amide bonds. The highest BCUT2D eigenvalue weighted by Crippen LogP contribution is 2.38. The molecule has 0 saturated heterocycles. The Balaban J connectivity index is 0.000000206. The van der Waals surface area contributed by atoms with Gasteiger partial charge < -0.3 is 0 Å². The topological polar surface area (TPSA) is 130 Å². The lowest BCUT2D eigenvalue weighted by molar-refractivity contribution is 0.298. The smallest absolute Gasteiger partial charge is 0.237 e. The summed E-state index contributed by atoms with van der Waals surface area (Å²) >= 11 is 11.4. The number of pyridine rings is 2. The zero-order valence-corrected chi connectivity index (χ0v) is 22.6. The molecule has 37 heavy (non-hydrogen) atoms. The maximum atomic E-state index is 14.8. The molecule has 0 radical (unpaired) electrons. The number of hydrogen-bond donors (Lipinski definition) is 0. The molecule has 4 aromatic heterocycles. The van der Waals surface area contributed by atoms with Gasteiger partial charge in [-0.05, 0) is 31.2 Å². The molecule has 0 N–H and O–H groups in total. The molecular weight excluding hydrogens is 573 g/mol. The minimum Gasteiger partial charge on any atom is -0.273 e. The van der Waals surface area contributed by atoms with E-state index in [2.05, 4.69) is 20.2 Å². The quantitative estimate of drug-likeness (QED) is 0.328. The molecule has 4 heterocycles. The SMILES string of the molecule is Cn1cc(S(=O)(=O)C(C)(F)c2ccncc2)c(Cl)n1.Cn1cc(S(=O)(=O)C(F)c2ccncc2)c(Cl)n1. The number of rotatable bonds is 6. The van der Waals surface area contributed by atoms with Crippen molar-refractivity contribution in [2.45, 2.75) is 27.2 Å². The first-order valence-corrected chi connectivity index (χ1v) is 14.0. The number of nitrogens with zero attached hydrogens (tertiary/aromatic N) is 6. The lowest BCUT2D eigenvalue weighted by Crippen LogP contribution is -2.27. The highest BCUT2D eigenvalue weighted by Gasteiger charge is 2.44. The highest BCUT2D eigenvalue weighted by atomic mass is 35.5. The van der Waals surface area contributed by atoms with E-state index >= 15 is 0 Å². The molecule has 0 aliphatic carbocycles. The lowest BCUT2D eigenvalue weighted by atomic mass is 10.2. The van der Waals surface area contributed by atoms with Crippen molar-refractivity contribution in [3.05, 3.63) is 82.9 Å². The summed E-state index contributed by atoms with van der Waals surface area (Å²) in [5.41, 5.74) is -2.20. The molecule has 0 bridgehead atoms. The van der Waals surface area contributed by atoms with E-state index in [9.17, 15) is 25.6 Å². The Kier molecular flexibility index (Phi) is 8.37. The van der Waals surface area contributed by atoms with Gasteiger partial charge in [-0.25, -0.2) is 25.6 Å². The van der Waals surface area contributed by atoms with Crippen LogP contribution in [-0.2, 0) is 38.8 Å². The summed E-state index contributed by atoms with van der Waals surface area (Å²) in [6, 6.07) is 5.21. The second-order valence-electron chi connectivity index (χ2n) is 7.71. The molecule has 10 nitrogen and oxygen atoms in total. The minimum absolute atomic E-state index is 0.00456. The van der Waals surface area contributed by atoms with Crippen molar-refractivity contribution in [3.8, 4) is 0 Å². The normalized spacial score (nSPS) is 14.4. The van der Waals surface area contributed by atoms with Crippen molar-refractivity contribution < 1.29 is 25.6 Å². The molecule has 16 heteroatoms. The molecule has 0 aliphatic heterocycles. The van der Waals surface area contributed by atoms with Crippen LogP contribution in [0.4, 0.5) is 8.78 Å². The summed E-state index contributed by atoms with van der Waals surface area (Å²) in [5.74, 6) is 0. The molecular formula is C21H20Cl2F2N6O4S2. The van der Waals surface area contributed by atoms with Crippen molar-refractivity contribution in [1.29, 1.82) is 0 Å². The van der Waals surface area contributed by atoms with E-state index in [-0.39, 0.29) is 31.2 Å². The first kappa shape index (κ1) is 28.6. The number of sulfone groups is 2. The minimum atomic E-state index is -4.31. The van der Waals surface area contributed by atoms with E-state index in [1.807, 2.05) is 0 Å². The van der Waals surface area contributed by atoms with Gasteiger partial charge in [0.2, 0.25) is 30.2 Å². The van der Waals surface area contributed by atoms with Crippen LogP contribution in [-0.4, -0.2) is 46.4 Å². The molecule has 0 fully saturated rings. The summed E-state index contributed by atoms with van der Waals surface area (Å²) in [7, 11) is -5.51. The van der Waals surface area contributed by atoms with Gasteiger partial charge in [0.25, 0.3) is 0 Å². The third kappa shape index (κ3) is 5.81. The van der Waals surface area contributed by atoms with Gasteiger partial charge in [0.15, 0.2) is 10.3 Å². The van der Waals surface area contributed by atoms with Crippen molar-refractivity contribution in [1.82, 2.24) is 29.5 Å². The van der Waals surface area contributed by atoms with Gasteiger partial charge in [0.1, 0.15) is 9.79 Å². The molecule has 198 valence electrons. The molecule has 2 unspecified atom stereocenters. The number of halogens is 4. The molecule has 0 spiro atoms. The fourth-order valence-corrected chi connectivity index (χ4v) is 6.76. The van der Waals surface area contributed by atoms with E-state index < -0.39 is 30.2 Å². The van der Waals surface area contributed by atoms with Crippen LogP contribution in [0.5, 0.6) is 0 Å². The third-order valence-corrected chi connectivity index (χ3v) is 9.68. The van der Waals surface area contributed by atoms with Crippen molar-refractivity contribution >= 4 is 42.9 Å². The molecule has 4 rings (SSSR count). The maximum absolute atomic E-state index is 14.8. The summed E-state index contributed by atoms with van der Waals surface area (Å²) in [5, 5.41) is 4.29. The Hall–Kier alpha value is -2.94. The Labute approximate surface area is 221 Å². The molecule has 4 aromatic rings.